The van der Waals surface area contributed by atoms with E-state index in [0.29, 0.717) is 13.2 Å². The topological polar surface area (TPSA) is 87.8 Å². The highest BCUT2D eigenvalue weighted by Crippen LogP contribution is 2.52. The van der Waals surface area contributed by atoms with Crippen LogP contribution in [-0.2, 0) is 23.8 Å². The van der Waals surface area contributed by atoms with Crippen molar-refractivity contribution in [3.05, 3.63) is 0 Å². The Bertz CT molecular complexity index is 473. The molecule has 6 heteroatoms. The van der Waals surface area contributed by atoms with Crippen LogP contribution < -0.4 is 5.73 Å². The predicted octanol–water partition coefficient (Wildman–Crippen LogP) is 2.93. The molecule has 1 aliphatic rings. The van der Waals surface area contributed by atoms with E-state index < -0.39 is 5.41 Å². The van der Waals surface area contributed by atoms with Gasteiger partial charge in [0.2, 0.25) is 0 Å². The van der Waals surface area contributed by atoms with Crippen LogP contribution in [0, 0.1) is 22.7 Å². The van der Waals surface area contributed by atoms with Crippen molar-refractivity contribution in [2.75, 3.05) is 26.4 Å². The van der Waals surface area contributed by atoms with Crippen LogP contribution in [0.4, 0.5) is 0 Å². The van der Waals surface area contributed by atoms with Crippen LogP contribution in [0.2, 0.25) is 0 Å². The molecule has 0 saturated heterocycles. The molecule has 2 unspecified atom stereocenters. The zero-order valence-electron chi connectivity index (χ0n) is 17.3. The smallest absolute Gasteiger partial charge is 0.312 e. The molecule has 26 heavy (non-hydrogen) atoms. The molecule has 0 radical (unpaired) electrons. The summed E-state index contributed by atoms with van der Waals surface area (Å²) in [4.78, 5) is 24.8. The van der Waals surface area contributed by atoms with Crippen molar-refractivity contribution in [2.24, 2.45) is 28.4 Å². The second-order valence-electron chi connectivity index (χ2n) is 8.57. The average molecular weight is 372 g/mol. The molecule has 0 bridgehead atoms. The number of hydrogen-bond acceptors (Lipinski definition) is 6. The Hall–Kier alpha value is -1.14. The van der Waals surface area contributed by atoms with Gasteiger partial charge in [-0.2, -0.15) is 0 Å². The molecule has 0 heterocycles. The molecule has 0 aromatic rings. The van der Waals surface area contributed by atoms with E-state index in [-0.39, 0.29) is 48.5 Å². The minimum atomic E-state index is -0.661. The SMILES string of the molecule is CC(C)OCCOC(=O)C(C)(C)C(C)(C)C1CCC(C(=O)OCCN)C1. The molecular weight excluding hydrogens is 334 g/mol. The van der Waals surface area contributed by atoms with Crippen molar-refractivity contribution in [1.29, 1.82) is 0 Å². The number of rotatable bonds is 10. The fraction of sp³-hybridized carbons (Fsp3) is 0.900. The monoisotopic (exact) mass is 371 g/mol. The molecule has 152 valence electrons. The van der Waals surface area contributed by atoms with Gasteiger partial charge in [0.25, 0.3) is 0 Å². The third kappa shape index (κ3) is 5.68. The van der Waals surface area contributed by atoms with Crippen LogP contribution in [0.25, 0.3) is 0 Å². The summed E-state index contributed by atoms with van der Waals surface area (Å²) in [5.74, 6) is -0.228. The van der Waals surface area contributed by atoms with E-state index in [4.69, 9.17) is 19.9 Å². The number of esters is 2. The van der Waals surface area contributed by atoms with E-state index in [9.17, 15) is 9.59 Å². The molecule has 0 amide bonds. The molecule has 0 aliphatic heterocycles. The molecule has 2 atom stereocenters. The lowest BCUT2D eigenvalue weighted by atomic mass is 9.60. The molecule has 1 rings (SSSR count). The highest BCUT2D eigenvalue weighted by molar-refractivity contribution is 5.77. The molecule has 0 spiro atoms. The Labute approximate surface area is 158 Å². The average Bonchev–Trinajstić information content (AvgIpc) is 3.06. The maximum atomic E-state index is 12.7. The summed E-state index contributed by atoms with van der Waals surface area (Å²) in [5, 5.41) is 0. The zero-order chi connectivity index (χ0) is 20.0. The molecule has 1 fully saturated rings. The fourth-order valence-electron chi connectivity index (χ4n) is 3.50. The Balaban J connectivity index is 2.63. The molecule has 2 N–H and O–H groups in total. The summed E-state index contributed by atoms with van der Waals surface area (Å²) in [6, 6.07) is 0. The lowest BCUT2D eigenvalue weighted by Crippen LogP contribution is -2.45. The first-order valence-corrected chi connectivity index (χ1v) is 9.69. The first-order valence-electron chi connectivity index (χ1n) is 9.69. The van der Waals surface area contributed by atoms with Crippen molar-refractivity contribution >= 4 is 11.9 Å². The van der Waals surface area contributed by atoms with E-state index >= 15 is 0 Å². The van der Waals surface area contributed by atoms with Gasteiger partial charge in [0.1, 0.15) is 13.2 Å². The summed E-state index contributed by atoms with van der Waals surface area (Å²) >= 11 is 0. The molecule has 1 saturated carbocycles. The van der Waals surface area contributed by atoms with Crippen LogP contribution in [0.15, 0.2) is 0 Å². The standard InChI is InChI=1S/C20H37NO5/c1-14(2)24-11-12-26-18(23)20(5,6)19(3,4)16-8-7-15(13-16)17(22)25-10-9-21/h14-16H,7-13,21H2,1-6H3. The van der Waals surface area contributed by atoms with Gasteiger partial charge in [-0.25, -0.2) is 0 Å². The van der Waals surface area contributed by atoms with Gasteiger partial charge in [-0.3, -0.25) is 9.59 Å². The summed E-state index contributed by atoms with van der Waals surface area (Å²) in [6.45, 7) is 13.2. The van der Waals surface area contributed by atoms with Gasteiger partial charge >= 0.3 is 11.9 Å². The van der Waals surface area contributed by atoms with Crippen LogP contribution in [0.3, 0.4) is 0 Å². The first kappa shape index (κ1) is 22.9. The van der Waals surface area contributed by atoms with Gasteiger partial charge in [-0.15, -0.1) is 0 Å². The molecule has 0 aromatic heterocycles. The normalized spacial score (nSPS) is 21.1. The lowest BCUT2D eigenvalue weighted by Gasteiger charge is -2.44. The summed E-state index contributed by atoms with van der Waals surface area (Å²) in [6.07, 6.45) is 2.56. The second-order valence-corrected chi connectivity index (χ2v) is 8.57. The predicted molar refractivity (Wildman–Crippen MR) is 100 cm³/mol. The van der Waals surface area contributed by atoms with Crippen molar-refractivity contribution in [3.8, 4) is 0 Å². The Kier molecular flexibility index (Phi) is 8.54. The highest BCUT2D eigenvalue weighted by atomic mass is 16.6. The minimum Gasteiger partial charge on any atom is -0.464 e. The number of carbonyl (C=O) groups is 2. The van der Waals surface area contributed by atoms with Gasteiger partial charge in [-0.1, -0.05) is 13.8 Å². The summed E-state index contributed by atoms with van der Waals surface area (Å²) < 4.78 is 16.1. The molecule has 6 nitrogen and oxygen atoms in total. The van der Waals surface area contributed by atoms with Gasteiger partial charge in [0.15, 0.2) is 0 Å². The van der Waals surface area contributed by atoms with Crippen LogP contribution in [-0.4, -0.2) is 44.4 Å². The van der Waals surface area contributed by atoms with Gasteiger partial charge < -0.3 is 19.9 Å². The fourth-order valence-corrected chi connectivity index (χ4v) is 3.50. The quantitative estimate of drug-likeness (QED) is 0.469. The van der Waals surface area contributed by atoms with Gasteiger partial charge in [-0.05, 0) is 58.3 Å². The van der Waals surface area contributed by atoms with Crippen molar-refractivity contribution in [2.45, 2.75) is 66.9 Å². The minimum absolute atomic E-state index is 0.0999. The first-order chi connectivity index (χ1) is 12.0. The third-order valence-corrected chi connectivity index (χ3v) is 6.04. The van der Waals surface area contributed by atoms with E-state index in [0.717, 1.165) is 19.3 Å². The highest BCUT2D eigenvalue weighted by Gasteiger charge is 2.51. The van der Waals surface area contributed by atoms with Crippen molar-refractivity contribution < 1.29 is 23.8 Å². The van der Waals surface area contributed by atoms with E-state index in [2.05, 4.69) is 13.8 Å². The number of carbonyl (C=O) groups excluding carboxylic acids is 2. The lowest BCUT2D eigenvalue weighted by molar-refractivity contribution is -0.165. The van der Waals surface area contributed by atoms with E-state index in [1.807, 2.05) is 27.7 Å². The maximum Gasteiger partial charge on any atom is 0.312 e. The third-order valence-electron chi connectivity index (χ3n) is 6.04. The molecule has 1 aliphatic carbocycles. The van der Waals surface area contributed by atoms with E-state index in [1.54, 1.807) is 0 Å². The summed E-state index contributed by atoms with van der Waals surface area (Å²) in [5.41, 5.74) is 4.43. The number of hydrogen-bond donors (Lipinski definition) is 1. The van der Waals surface area contributed by atoms with Crippen LogP contribution >= 0.6 is 0 Å². The van der Waals surface area contributed by atoms with E-state index in [1.165, 1.54) is 0 Å². The van der Waals surface area contributed by atoms with Gasteiger partial charge in [0.05, 0.1) is 24.0 Å². The molecule has 0 aromatic carbocycles. The van der Waals surface area contributed by atoms with Gasteiger partial charge in [0, 0.05) is 6.54 Å². The second kappa shape index (κ2) is 9.70. The summed E-state index contributed by atoms with van der Waals surface area (Å²) in [7, 11) is 0. The Morgan fingerprint density at radius 3 is 2.27 bits per heavy atom. The molecular formula is C20H37NO5. The Morgan fingerprint density at radius 1 is 1.04 bits per heavy atom. The van der Waals surface area contributed by atoms with Crippen molar-refractivity contribution in [1.82, 2.24) is 0 Å². The number of nitrogens with two attached hydrogens (primary N) is 1. The largest absolute Gasteiger partial charge is 0.464 e. The maximum absolute atomic E-state index is 12.7. The number of ether oxygens (including phenoxy) is 3. The van der Waals surface area contributed by atoms with Crippen LogP contribution in [0.1, 0.15) is 60.8 Å². The van der Waals surface area contributed by atoms with Crippen LogP contribution in [0.5, 0.6) is 0 Å². The zero-order valence-corrected chi connectivity index (χ0v) is 17.3. The Morgan fingerprint density at radius 2 is 1.69 bits per heavy atom. The van der Waals surface area contributed by atoms with Crippen molar-refractivity contribution in [3.63, 3.8) is 0 Å².